The molecule has 1 rings (SSSR count). The van der Waals surface area contributed by atoms with Crippen molar-refractivity contribution in [3.8, 4) is 0 Å². The van der Waals surface area contributed by atoms with Crippen LogP contribution in [0, 0.1) is 5.92 Å². The molecule has 1 aromatic rings. The average molecular weight is 207 g/mol. The number of ether oxygens (including phenoxy) is 1. The first kappa shape index (κ1) is 12.2. The highest BCUT2D eigenvalue weighted by molar-refractivity contribution is 5.18. The van der Waals surface area contributed by atoms with Gasteiger partial charge in [0.15, 0.2) is 0 Å². The fourth-order valence-electron chi connectivity index (χ4n) is 1.50. The van der Waals surface area contributed by atoms with Crippen LogP contribution in [0.4, 0.5) is 0 Å². The van der Waals surface area contributed by atoms with Crippen LogP contribution >= 0.6 is 0 Å². The zero-order valence-corrected chi connectivity index (χ0v) is 9.86. The molecule has 1 unspecified atom stereocenters. The van der Waals surface area contributed by atoms with Gasteiger partial charge in [0.25, 0.3) is 0 Å². The maximum absolute atomic E-state index is 5.23. The highest BCUT2D eigenvalue weighted by Crippen LogP contribution is 2.12. The van der Waals surface area contributed by atoms with Crippen LogP contribution in [0.15, 0.2) is 30.3 Å². The number of rotatable bonds is 6. The van der Waals surface area contributed by atoms with Crippen molar-refractivity contribution in [1.82, 2.24) is 5.32 Å². The molecule has 1 aromatic carbocycles. The van der Waals surface area contributed by atoms with E-state index in [0.717, 1.165) is 13.2 Å². The maximum Gasteiger partial charge on any atom is 0.0657 e. The van der Waals surface area contributed by atoms with E-state index in [9.17, 15) is 0 Å². The molecule has 0 aliphatic rings. The van der Waals surface area contributed by atoms with Crippen LogP contribution in [0.5, 0.6) is 0 Å². The van der Waals surface area contributed by atoms with E-state index < -0.39 is 0 Å². The number of nitrogens with one attached hydrogen (secondary N) is 1. The first-order chi connectivity index (χ1) is 7.24. The second kappa shape index (κ2) is 6.59. The number of methoxy groups -OCH3 is 1. The quantitative estimate of drug-likeness (QED) is 0.774. The summed E-state index contributed by atoms with van der Waals surface area (Å²) < 4.78 is 5.23. The summed E-state index contributed by atoms with van der Waals surface area (Å²) in [6.07, 6.45) is 0. The van der Waals surface area contributed by atoms with Gasteiger partial charge in [0.2, 0.25) is 0 Å². The summed E-state index contributed by atoms with van der Waals surface area (Å²) in [6, 6.07) is 10.7. The van der Waals surface area contributed by atoms with E-state index >= 15 is 0 Å². The SMILES string of the molecule is COCC(NCC(C)C)c1ccccc1. The number of hydrogen-bond donors (Lipinski definition) is 1. The fraction of sp³-hybridized carbons (Fsp3) is 0.538. The average Bonchev–Trinajstić information content (AvgIpc) is 2.25. The van der Waals surface area contributed by atoms with E-state index in [4.69, 9.17) is 4.74 Å². The van der Waals surface area contributed by atoms with Crippen molar-refractivity contribution in [3.63, 3.8) is 0 Å². The summed E-state index contributed by atoms with van der Waals surface area (Å²) in [5.74, 6) is 0.660. The minimum Gasteiger partial charge on any atom is -0.383 e. The molecule has 0 aliphatic carbocycles. The van der Waals surface area contributed by atoms with Gasteiger partial charge >= 0.3 is 0 Å². The standard InChI is InChI=1S/C13H21NO/c1-11(2)9-14-13(10-15-3)12-7-5-4-6-8-12/h4-8,11,13-14H,9-10H2,1-3H3. The summed E-state index contributed by atoms with van der Waals surface area (Å²) in [6.45, 7) is 6.16. The maximum atomic E-state index is 5.23. The fourth-order valence-corrected chi connectivity index (χ4v) is 1.50. The van der Waals surface area contributed by atoms with Crippen molar-refractivity contribution >= 4 is 0 Å². The van der Waals surface area contributed by atoms with E-state index in [0.29, 0.717) is 12.0 Å². The van der Waals surface area contributed by atoms with Crippen molar-refractivity contribution in [2.75, 3.05) is 20.3 Å². The molecule has 84 valence electrons. The Bertz CT molecular complexity index is 258. The molecule has 0 bridgehead atoms. The Balaban J connectivity index is 2.57. The smallest absolute Gasteiger partial charge is 0.0657 e. The number of hydrogen-bond acceptors (Lipinski definition) is 2. The summed E-state index contributed by atoms with van der Waals surface area (Å²) >= 11 is 0. The molecule has 1 atom stereocenters. The van der Waals surface area contributed by atoms with E-state index in [1.165, 1.54) is 5.56 Å². The topological polar surface area (TPSA) is 21.3 Å². The van der Waals surface area contributed by atoms with Gasteiger partial charge in [-0.15, -0.1) is 0 Å². The van der Waals surface area contributed by atoms with Gasteiger partial charge in [0, 0.05) is 7.11 Å². The van der Waals surface area contributed by atoms with Gasteiger partial charge in [-0.3, -0.25) is 0 Å². The molecule has 0 fully saturated rings. The lowest BCUT2D eigenvalue weighted by Crippen LogP contribution is -2.28. The van der Waals surface area contributed by atoms with Crippen LogP contribution in [-0.2, 0) is 4.74 Å². The van der Waals surface area contributed by atoms with Crippen LogP contribution in [-0.4, -0.2) is 20.3 Å². The third kappa shape index (κ3) is 4.45. The zero-order chi connectivity index (χ0) is 11.1. The normalized spacial score (nSPS) is 13.1. The van der Waals surface area contributed by atoms with Gasteiger partial charge in [0.1, 0.15) is 0 Å². The Labute approximate surface area is 92.6 Å². The third-order valence-electron chi connectivity index (χ3n) is 2.31. The second-order valence-corrected chi connectivity index (χ2v) is 4.22. The first-order valence-corrected chi connectivity index (χ1v) is 5.51. The van der Waals surface area contributed by atoms with E-state index in [-0.39, 0.29) is 0 Å². The van der Waals surface area contributed by atoms with Gasteiger partial charge in [-0.1, -0.05) is 44.2 Å². The molecule has 0 saturated carbocycles. The molecule has 0 aromatic heterocycles. The second-order valence-electron chi connectivity index (χ2n) is 4.22. The summed E-state index contributed by atoms with van der Waals surface area (Å²) in [5, 5.41) is 3.51. The summed E-state index contributed by atoms with van der Waals surface area (Å²) in [7, 11) is 1.74. The minimum absolute atomic E-state index is 0.304. The molecular formula is C13H21NO. The molecule has 0 heterocycles. The van der Waals surface area contributed by atoms with E-state index in [2.05, 4.69) is 43.4 Å². The lowest BCUT2D eigenvalue weighted by molar-refractivity contribution is 0.165. The van der Waals surface area contributed by atoms with E-state index in [1.807, 2.05) is 6.07 Å². The summed E-state index contributed by atoms with van der Waals surface area (Å²) in [4.78, 5) is 0. The molecule has 2 heteroatoms. The summed E-state index contributed by atoms with van der Waals surface area (Å²) in [5.41, 5.74) is 1.29. The molecular weight excluding hydrogens is 186 g/mol. The predicted octanol–water partition coefficient (Wildman–Crippen LogP) is 2.62. The van der Waals surface area contributed by atoms with Crippen LogP contribution in [0.1, 0.15) is 25.5 Å². The molecule has 0 amide bonds. The molecule has 0 saturated heterocycles. The Morgan fingerprint density at radius 3 is 2.40 bits per heavy atom. The van der Waals surface area contributed by atoms with Gasteiger partial charge in [-0.2, -0.15) is 0 Å². The minimum atomic E-state index is 0.304. The lowest BCUT2D eigenvalue weighted by atomic mass is 10.1. The molecule has 0 aliphatic heterocycles. The Morgan fingerprint density at radius 1 is 1.20 bits per heavy atom. The van der Waals surface area contributed by atoms with Gasteiger partial charge in [-0.25, -0.2) is 0 Å². The van der Waals surface area contributed by atoms with Crippen LogP contribution in [0.2, 0.25) is 0 Å². The highest BCUT2D eigenvalue weighted by atomic mass is 16.5. The Morgan fingerprint density at radius 2 is 1.87 bits per heavy atom. The van der Waals surface area contributed by atoms with Crippen LogP contribution in [0.25, 0.3) is 0 Å². The van der Waals surface area contributed by atoms with Crippen molar-refractivity contribution in [2.24, 2.45) is 5.92 Å². The highest BCUT2D eigenvalue weighted by Gasteiger charge is 2.10. The molecule has 2 nitrogen and oxygen atoms in total. The largest absolute Gasteiger partial charge is 0.383 e. The molecule has 1 N–H and O–H groups in total. The van der Waals surface area contributed by atoms with Crippen molar-refractivity contribution in [3.05, 3.63) is 35.9 Å². The molecule has 0 spiro atoms. The predicted molar refractivity (Wildman–Crippen MR) is 63.9 cm³/mol. The Hall–Kier alpha value is -0.860. The van der Waals surface area contributed by atoms with Crippen LogP contribution < -0.4 is 5.32 Å². The van der Waals surface area contributed by atoms with Gasteiger partial charge in [0.05, 0.1) is 12.6 Å². The van der Waals surface area contributed by atoms with Crippen molar-refractivity contribution < 1.29 is 4.74 Å². The van der Waals surface area contributed by atoms with Crippen molar-refractivity contribution in [2.45, 2.75) is 19.9 Å². The van der Waals surface area contributed by atoms with Gasteiger partial charge in [-0.05, 0) is 18.0 Å². The molecule has 15 heavy (non-hydrogen) atoms. The lowest BCUT2D eigenvalue weighted by Gasteiger charge is -2.19. The van der Waals surface area contributed by atoms with Gasteiger partial charge < -0.3 is 10.1 Å². The van der Waals surface area contributed by atoms with Crippen molar-refractivity contribution in [1.29, 1.82) is 0 Å². The number of benzene rings is 1. The zero-order valence-electron chi connectivity index (χ0n) is 9.86. The van der Waals surface area contributed by atoms with Crippen LogP contribution in [0.3, 0.4) is 0 Å². The first-order valence-electron chi connectivity index (χ1n) is 5.51. The molecule has 0 radical (unpaired) electrons. The van der Waals surface area contributed by atoms with E-state index in [1.54, 1.807) is 7.11 Å². The third-order valence-corrected chi connectivity index (χ3v) is 2.31. The Kier molecular flexibility index (Phi) is 5.37. The monoisotopic (exact) mass is 207 g/mol.